The molecule has 0 spiro atoms. The third kappa shape index (κ3) is 4.64. The minimum atomic E-state index is -0.988. The maximum Gasteiger partial charge on any atom is 0.335 e. The normalized spacial score (nSPS) is 14.0. The first kappa shape index (κ1) is 18.9. The lowest BCUT2D eigenvalue weighted by molar-refractivity contribution is 0.0548. The highest BCUT2D eigenvalue weighted by atomic mass is 16.5. The van der Waals surface area contributed by atoms with Crippen LogP contribution in [0.2, 0.25) is 0 Å². The summed E-state index contributed by atoms with van der Waals surface area (Å²) in [5.74, 6) is -0.988. The summed E-state index contributed by atoms with van der Waals surface area (Å²) in [6.45, 7) is 2.23. The molecule has 0 atom stereocenters. The van der Waals surface area contributed by atoms with Crippen molar-refractivity contribution in [3.8, 4) is 0 Å². The van der Waals surface area contributed by atoms with E-state index in [-0.39, 0.29) is 18.2 Å². The third-order valence-electron chi connectivity index (χ3n) is 4.46. The number of aliphatic hydroxyl groups excluding tert-OH is 1. The second-order valence-corrected chi connectivity index (χ2v) is 6.30. The van der Waals surface area contributed by atoms with Crippen LogP contribution >= 0.6 is 0 Å². The Balaban J connectivity index is 1.88. The van der Waals surface area contributed by atoms with Gasteiger partial charge in [-0.25, -0.2) is 9.59 Å². The minimum Gasteiger partial charge on any atom is -0.478 e. The molecular weight excluding hydrogens is 348 g/mol. The van der Waals surface area contributed by atoms with Gasteiger partial charge in [0, 0.05) is 18.8 Å². The van der Waals surface area contributed by atoms with Crippen LogP contribution in [0.3, 0.4) is 0 Å². The number of hydrogen-bond acceptors (Lipinski definition) is 4. The number of nitrogens with zero attached hydrogens (tertiary/aromatic N) is 2. The lowest BCUT2D eigenvalue weighted by atomic mass is 10.1. The van der Waals surface area contributed by atoms with Gasteiger partial charge >= 0.3 is 12.0 Å². The van der Waals surface area contributed by atoms with Gasteiger partial charge in [0.05, 0.1) is 31.9 Å². The second kappa shape index (κ2) is 8.66. The first-order valence-electron chi connectivity index (χ1n) is 8.74. The zero-order chi connectivity index (χ0) is 19.2. The first-order valence-corrected chi connectivity index (χ1v) is 8.74. The van der Waals surface area contributed by atoms with Crippen molar-refractivity contribution in [3.05, 3.63) is 65.2 Å². The molecule has 1 fully saturated rings. The third-order valence-corrected chi connectivity index (χ3v) is 4.46. The van der Waals surface area contributed by atoms with Crippen molar-refractivity contribution in [2.24, 2.45) is 0 Å². The lowest BCUT2D eigenvalue weighted by Gasteiger charge is -2.33. The molecule has 2 N–H and O–H groups in total. The Labute approximate surface area is 157 Å². The number of carbonyl (C=O) groups is 2. The minimum absolute atomic E-state index is 0.110. The number of aliphatic hydroxyl groups is 1. The summed E-state index contributed by atoms with van der Waals surface area (Å²) in [6.07, 6.45) is 0. The fraction of sp³-hybridized carbons (Fsp3) is 0.300. The lowest BCUT2D eigenvalue weighted by Crippen LogP contribution is -2.48. The van der Waals surface area contributed by atoms with E-state index in [2.05, 4.69) is 0 Å². The van der Waals surface area contributed by atoms with E-state index in [1.807, 2.05) is 6.07 Å². The van der Waals surface area contributed by atoms with Crippen molar-refractivity contribution >= 4 is 17.7 Å². The number of carbonyl (C=O) groups excluding carboxylic acids is 1. The van der Waals surface area contributed by atoms with Gasteiger partial charge in [0.2, 0.25) is 0 Å². The average Bonchev–Trinajstić information content (AvgIpc) is 2.72. The highest BCUT2D eigenvalue weighted by Crippen LogP contribution is 2.22. The van der Waals surface area contributed by atoms with Crippen molar-refractivity contribution < 1.29 is 24.5 Å². The predicted molar refractivity (Wildman–Crippen MR) is 99.7 cm³/mol. The van der Waals surface area contributed by atoms with Gasteiger partial charge in [-0.05, 0) is 35.4 Å². The summed E-state index contributed by atoms with van der Waals surface area (Å²) >= 11 is 0. The van der Waals surface area contributed by atoms with Crippen LogP contribution in [0.1, 0.15) is 21.5 Å². The number of amides is 2. The van der Waals surface area contributed by atoms with E-state index in [1.165, 1.54) is 12.1 Å². The highest BCUT2D eigenvalue weighted by Gasteiger charge is 2.24. The van der Waals surface area contributed by atoms with Gasteiger partial charge in [0.1, 0.15) is 0 Å². The van der Waals surface area contributed by atoms with Crippen molar-refractivity contribution in [2.75, 3.05) is 31.2 Å². The van der Waals surface area contributed by atoms with Crippen LogP contribution in [0, 0.1) is 0 Å². The molecule has 0 radical (unpaired) electrons. The number of hydrogen-bond donors (Lipinski definition) is 2. The van der Waals surface area contributed by atoms with Crippen LogP contribution in [0.4, 0.5) is 10.5 Å². The van der Waals surface area contributed by atoms with Crippen LogP contribution < -0.4 is 4.90 Å². The predicted octanol–water partition coefficient (Wildman–Crippen LogP) is 2.34. The Kier molecular flexibility index (Phi) is 6.05. The summed E-state index contributed by atoms with van der Waals surface area (Å²) in [5.41, 5.74) is 2.41. The van der Waals surface area contributed by atoms with E-state index in [0.717, 1.165) is 5.56 Å². The first-order chi connectivity index (χ1) is 13.1. The molecular formula is C20H22N2O5. The van der Waals surface area contributed by atoms with Crippen LogP contribution in [-0.2, 0) is 17.9 Å². The van der Waals surface area contributed by atoms with E-state index in [0.29, 0.717) is 44.1 Å². The van der Waals surface area contributed by atoms with E-state index >= 15 is 0 Å². The van der Waals surface area contributed by atoms with E-state index < -0.39 is 5.97 Å². The Hall–Kier alpha value is -2.90. The Morgan fingerprint density at radius 1 is 1.04 bits per heavy atom. The fourth-order valence-electron chi connectivity index (χ4n) is 2.95. The molecule has 2 aromatic carbocycles. The van der Waals surface area contributed by atoms with Crippen LogP contribution in [0.15, 0.2) is 48.5 Å². The van der Waals surface area contributed by atoms with Crippen LogP contribution in [0.25, 0.3) is 0 Å². The molecule has 1 aliphatic heterocycles. The molecule has 0 unspecified atom stereocenters. The fourth-order valence-corrected chi connectivity index (χ4v) is 2.95. The number of benzene rings is 2. The average molecular weight is 370 g/mol. The van der Waals surface area contributed by atoms with Crippen molar-refractivity contribution in [1.29, 1.82) is 0 Å². The van der Waals surface area contributed by atoms with Gasteiger partial charge in [-0.3, -0.25) is 4.90 Å². The molecule has 2 amide bonds. The highest BCUT2D eigenvalue weighted by molar-refractivity contribution is 5.92. The number of rotatable bonds is 5. The standard InChI is InChI=1S/C20H22N2O5/c23-14-16-2-1-3-18(12-16)22(20(26)21-8-10-27-11-9-21)13-15-4-6-17(7-5-15)19(24)25/h1-7,12,23H,8-11,13-14H2,(H,24,25). The van der Waals surface area contributed by atoms with E-state index in [1.54, 1.807) is 40.1 Å². The number of ether oxygens (including phenoxy) is 1. The molecule has 7 heteroatoms. The van der Waals surface area contributed by atoms with Crippen LogP contribution in [-0.4, -0.2) is 53.4 Å². The van der Waals surface area contributed by atoms with Crippen molar-refractivity contribution in [2.45, 2.75) is 13.2 Å². The van der Waals surface area contributed by atoms with Crippen molar-refractivity contribution in [1.82, 2.24) is 4.90 Å². The number of aromatic carboxylic acids is 1. The molecule has 7 nitrogen and oxygen atoms in total. The van der Waals surface area contributed by atoms with Crippen LogP contribution in [0.5, 0.6) is 0 Å². The summed E-state index contributed by atoms with van der Waals surface area (Å²) in [5, 5.41) is 18.5. The number of carboxylic acid groups (broad SMARTS) is 1. The largest absolute Gasteiger partial charge is 0.478 e. The molecule has 1 saturated heterocycles. The van der Waals surface area contributed by atoms with Crippen molar-refractivity contribution in [3.63, 3.8) is 0 Å². The molecule has 27 heavy (non-hydrogen) atoms. The number of morpholine rings is 1. The summed E-state index contributed by atoms with van der Waals surface area (Å²) in [6, 6.07) is 13.5. The van der Waals surface area contributed by atoms with Gasteiger partial charge in [0.15, 0.2) is 0 Å². The zero-order valence-corrected chi connectivity index (χ0v) is 14.9. The Morgan fingerprint density at radius 3 is 2.37 bits per heavy atom. The van der Waals surface area contributed by atoms with Gasteiger partial charge in [-0.15, -0.1) is 0 Å². The number of urea groups is 1. The summed E-state index contributed by atoms with van der Waals surface area (Å²) in [4.78, 5) is 27.5. The van der Waals surface area contributed by atoms with Gasteiger partial charge in [-0.2, -0.15) is 0 Å². The van der Waals surface area contributed by atoms with E-state index in [9.17, 15) is 14.7 Å². The molecule has 1 heterocycles. The topological polar surface area (TPSA) is 90.3 Å². The summed E-state index contributed by atoms with van der Waals surface area (Å²) < 4.78 is 5.32. The molecule has 3 rings (SSSR count). The maximum absolute atomic E-state index is 13.1. The zero-order valence-electron chi connectivity index (χ0n) is 14.9. The molecule has 1 aliphatic rings. The molecule has 0 saturated carbocycles. The maximum atomic E-state index is 13.1. The van der Waals surface area contributed by atoms with Gasteiger partial charge < -0.3 is 19.8 Å². The Morgan fingerprint density at radius 2 is 1.74 bits per heavy atom. The Bertz CT molecular complexity index is 800. The second-order valence-electron chi connectivity index (χ2n) is 6.30. The molecule has 0 bridgehead atoms. The molecule has 2 aromatic rings. The van der Waals surface area contributed by atoms with Gasteiger partial charge in [-0.1, -0.05) is 24.3 Å². The summed E-state index contributed by atoms with van der Waals surface area (Å²) in [7, 11) is 0. The molecule has 0 aromatic heterocycles. The SMILES string of the molecule is O=C(O)c1ccc(CN(C(=O)N2CCOCC2)c2cccc(CO)c2)cc1. The number of carboxylic acids is 1. The monoisotopic (exact) mass is 370 g/mol. The smallest absolute Gasteiger partial charge is 0.335 e. The van der Waals surface area contributed by atoms with Gasteiger partial charge in [0.25, 0.3) is 0 Å². The van der Waals surface area contributed by atoms with E-state index in [4.69, 9.17) is 9.84 Å². The quantitative estimate of drug-likeness (QED) is 0.843. The number of anilines is 1. The molecule has 0 aliphatic carbocycles. The molecule has 142 valence electrons.